The van der Waals surface area contributed by atoms with Gasteiger partial charge in [-0.3, -0.25) is 4.79 Å². The van der Waals surface area contributed by atoms with Crippen LogP contribution in [0.3, 0.4) is 0 Å². The second-order valence-electron chi connectivity index (χ2n) is 3.31. The van der Waals surface area contributed by atoms with Crippen LogP contribution in [0.4, 0.5) is 5.82 Å². The summed E-state index contributed by atoms with van der Waals surface area (Å²) in [6, 6.07) is 0.0623. The Morgan fingerprint density at radius 3 is 2.80 bits per heavy atom. The zero-order chi connectivity index (χ0) is 11.4. The van der Waals surface area contributed by atoms with Crippen LogP contribution >= 0.6 is 15.9 Å². The Kier molecular flexibility index (Phi) is 4.02. The number of hydrogen-bond donors (Lipinski definition) is 1. The van der Waals surface area contributed by atoms with E-state index in [4.69, 9.17) is 5.11 Å². The molecule has 5 nitrogen and oxygen atoms in total. The Hall–Kier alpha value is -1.17. The lowest BCUT2D eigenvalue weighted by molar-refractivity contribution is -0.135. The molecular weight excluding hydrogens is 262 g/mol. The summed E-state index contributed by atoms with van der Waals surface area (Å²) in [5, 5.41) is 8.78. The zero-order valence-corrected chi connectivity index (χ0v) is 10.1. The van der Waals surface area contributed by atoms with E-state index in [1.54, 1.807) is 11.1 Å². The van der Waals surface area contributed by atoms with Crippen molar-refractivity contribution < 1.29 is 9.90 Å². The number of aromatic nitrogens is 2. The molecule has 0 aromatic carbocycles. The minimum Gasteiger partial charge on any atom is -0.480 e. The van der Waals surface area contributed by atoms with Crippen molar-refractivity contribution >= 4 is 27.7 Å². The molecule has 0 saturated carbocycles. The lowest BCUT2D eigenvalue weighted by atomic mass is 10.3. The number of carbonyl (C=O) groups is 1. The van der Waals surface area contributed by atoms with E-state index >= 15 is 0 Å². The number of nitrogens with zero attached hydrogens (tertiary/aromatic N) is 3. The molecule has 0 spiro atoms. The van der Waals surface area contributed by atoms with Gasteiger partial charge in [0.1, 0.15) is 18.7 Å². The second kappa shape index (κ2) is 5.06. The summed E-state index contributed by atoms with van der Waals surface area (Å²) < 4.78 is 0.694. The molecule has 82 valence electrons. The predicted molar refractivity (Wildman–Crippen MR) is 59.8 cm³/mol. The first-order chi connectivity index (χ1) is 7.02. The minimum atomic E-state index is -0.880. The summed E-state index contributed by atoms with van der Waals surface area (Å²) in [6.45, 7) is 3.75. The van der Waals surface area contributed by atoms with E-state index < -0.39 is 5.97 Å². The maximum atomic E-state index is 10.7. The lowest BCUT2D eigenvalue weighted by Gasteiger charge is -2.26. The van der Waals surface area contributed by atoms with E-state index in [1.807, 2.05) is 13.8 Å². The first kappa shape index (κ1) is 11.9. The Bertz CT molecular complexity index is 357. The van der Waals surface area contributed by atoms with Crippen LogP contribution in [0.5, 0.6) is 0 Å². The zero-order valence-electron chi connectivity index (χ0n) is 8.51. The molecule has 0 fully saturated rings. The number of carboxylic acid groups (broad SMARTS) is 1. The molecule has 0 aliphatic heterocycles. The Morgan fingerprint density at radius 2 is 2.33 bits per heavy atom. The van der Waals surface area contributed by atoms with Gasteiger partial charge in [0, 0.05) is 12.2 Å². The standard InChI is InChI=1S/C9H12BrN3O2/c1-6(2)13(4-8(14)15)9-7(10)3-11-5-12-9/h3,5-6H,4H2,1-2H3,(H,14,15). The highest BCUT2D eigenvalue weighted by atomic mass is 79.9. The van der Waals surface area contributed by atoms with E-state index in [9.17, 15) is 4.79 Å². The van der Waals surface area contributed by atoms with Crippen molar-refractivity contribution in [1.29, 1.82) is 0 Å². The van der Waals surface area contributed by atoms with Gasteiger partial charge in [0.05, 0.1) is 4.47 Å². The first-order valence-electron chi connectivity index (χ1n) is 4.46. The van der Waals surface area contributed by atoms with Gasteiger partial charge in [0.25, 0.3) is 0 Å². The normalized spacial score (nSPS) is 10.4. The van der Waals surface area contributed by atoms with Crippen LogP contribution in [0.1, 0.15) is 13.8 Å². The van der Waals surface area contributed by atoms with Crippen molar-refractivity contribution in [2.45, 2.75) is 19.9 Å². The van der Waals surface area contributed by atoms with Gasteiger partial charge in [0.2, 0.25) is 0 Å². The monoisotopic (exact) mass is 273 g/mol. The van der Waals surface area contributed by atoms with Gasteiger partial charge in [-0.15, -0.1) is 0 Å². The molecule has 0 aliphatic rings. The van der Waals surface area contributed by atoms with Gasteiger partial charge in [0.15, 0.2) is 0 Å². The predicted octanol–water partition coefficient (Wildman–Crippen LogP) is 1.54. The topological polar surface area (TPSA) is 66.3 Å². The van der Waals surface area contributed by atoms with Crippen molar-refractivity contribution in [2.75, 3.05) is 11.4 Å². The fourth-order valence-corrected chi connectivity index (χ4v) is 1.61. The Morgan fingerprint density at radius 1 is 1.67 bits per heavy atom. The molecule has 1 N–H and O–H groups in total. The summed E-state index contributed by atoms with van der Waals surface area (Å²) in [5.41, 5.74) is 0. The van der Waals surface area contributed by atoms with Crippen molar-refractivity contribution in [3.8, 4) is 0 Å². The van der Waals surface area contributed by atoms with Gasteiger partial charge < -0.3 is 10.0 Å². The van der Waals surface area contributed by atoms with Crippen LogP contribution in [0.15, 0.2) is 17.0 Å². The molecule has 0 bridgehead atoms. The number of aliphatic carboxylic acids is 1. The van der Waals surface area contributed by atoms with Gasteiger partial charge in [-0.05, 0) is 29.8 Å². The average Bonchev–Trinajstić information content (AvgIpc) is 2.15. The summed E-state index contributed by atoms with van der Waals surface area (Å²) in [4.78, 5) is 20.3. The molecule has 1 aromatic rings. The van der Waals surface area contributed by atoms with Crippen LogP contribution in [0.2, 0.25) is 0 Å². The molecule has 0 atom stereocenters. The highest BCUT2D eigenvalue weighted by molar-refractivity contribution is 9.10. The average molecular weight is 274 g/mol. The molecule has 0 saturated heterocycles. The SMILES string of the molecule is CC(C)N(CC(=O)O)c1ncncc1Br. The lowest BCUT2D eigenvalue weighted by Crippen LogP contribution is -2.36. The maximum Gasteiger partial charge on any atom is 0.323 e. The molecule has 0 aliphatic carbocycles. The fraction of sp³-hybridized carbons (Fsp3) is 0.444. The highest BCUT2D eigenvalue weighted by Crippen LogP contribution is 2.23. The minimum absolute atomic E-state index is 0.0623. The summed E-state index contributed by atoms with van der Waals surface area (Å²) >= 11 is 3.30. The largest absolute Gasteiger partial charge is 0.480 e. The number of anilines is 1. The van der Waals surface area contributed by atoms with Crippen LogP contribution < -0.4 is 4.90 Å². The first-order valence-corrected chi connectivity index (χ1v) is 5.25. The molecule has 15 heavy (non-hydrogen) atoms. The third-order valence-electron chi connectivity index (χ3n) is 1.85. The Balaban J connectivity index is 2.99. The quantitative estimate of drug-likeness (QED) is 0.902. The van der Waals surface area contributed by atoms with E-state index in [-0.39, 0.29) is 12.6 Å². The van der Waals surface area contributed by atoms with Crippen LogP contribution in [0.25, 0.3) is 0 Å². The maximum absolute atomic E-state index is 10.7. The molecule has 0 radical (unpaired) electrons. The van der Waals surface area contributed by atoms with Crippen molar-refractivity contribution in [3.05, 3.63) is 17.0 Å². The molecular formula is C9H12BrN3O2. The van der Waals surface area contributed by atoms with Gasteiger partial charge in [-0.1, -0.05) is 0 Å². The molecule has 0 unspecified atom stereocenters. The summed E-state index contributed by atoms with van der Waals surface area (Å²) in [7, 11) is 0. The van der Waals surface area contributed by atoms with E-state index in [0.717, 1.165) is 0 Å². The fourth-order valence-electron chi connectivity index (χ4n) is 1.17. The molecule has 0 amide bonds. The Labute approximate surface area is 96.3 Å². The number of carboxylic acids is 1. The number of halogens is 1. The van der Waals surface area contributed by atoms with Crippen molar-refractivity contribution in [1.82, 2.24) is 9.97 Å². The second-order valence-corrected chi connectivity index (χ2v) is 4.16. The molecule has 6 heteroatoms. The van der Waals surface area contributed by atoms with Crippen molar-refractivity contribution in [3.63, 3.8) is 0 Å². The van der Waals surface area contributed by atoms with Crippen LogP contribution in [-0.2, 0) is 4.79 Å². The van der Waals surface area contributed by atoms with Gasteiger partial charge in [-0.2, -0.15) is 0 Å². The van der Waals surface area contributed by atoms with Gasteiger partial charge >= 0.3 is 5.97 Å². The third kappa shape index (κ3) is 3.16. The molecule has 1 rings (SSSR count). The molecule has 1 heterocycles. The highest BCUT2D eigenvalue weighted by Gasteiger charge is 2.17. The van der Waals surface area contributed by atoms with Gasteiger partial charge in [-0.25, -0.2) is 9.97 Å². The molecule has 1 aromatic heterocycles. The van der Waals surface area contributed by atoms with E-state index in [1.165, 1.54) is 6.33 Å². The smallest absolute Gasteiger partial charge is 0.323 e. The van der Waals surface area contributed by atoms with E-state index in [2.05, 4.69) is 25.9 Å². The third-order valence-corrected chi connectivity index (χ3v) is 2.41. The summed E-state index contributed by atoms with van der Waals surface area (Å²) in [5.74, 6) is -0.281. The van der Waals surface area contributed by atoms with E-state index in [0.29, 0.717) is 10.3 Å². The van der Waals surface area contributed by atoms with Crippen molar-refractivity contribution in [2.24, 2.45) is 0 Å². The number of rotatable bonds is 4. The van der Waals surface area contributed by atoms with Crippen LogP contribution in [0, 0.1) is 0 Å². The van der Waals surface area contributed by atoms with Crippen LogP contribution in [-0.4, -0.2) is 33.6 Å². The summed E-state index contributed by atoms with van der Waals surface area (Å²) in [6.07, 6.45) is 3.00. The number of hydrogen-bond acceptors (Lipinski definition) is 4.